The number of rotatable bonds is 10. The Morgan fingerprint density at radius 1 is 1.00 bits per heavy atom. The first-order chi connectivity index (χ1) is 15.7. The number of nitrogens with one attached hydrogen (secondary N) is 1. The number of amides is 1. The topological polar surface area (TPSA) is 51.9 Å². The molecule has 1 amide bonds. The second-order valence-electron chi connectivity index (χ2n) is 7.69. The van der Waals surface area contributed by atoms with Crippen LogP contribution in [-0.4, -0.2) is 32.0 Å². The van der Waals surface area contributed by atoms with Gasteiger partial charge in [0.1, 0.15) is 5.82 Å². The third-order valence-electron chi connectivity index (χ3n) is 5.34. The van der Waals surface area contributed by atoms with Crippen molar-refractivity contribution in [1.82, 2.24) is 19.7 Å². The Morgan fingerprint density at radius 2 is 1.69 bits per heavy atom. The normalized spacial score (nSPS) is 11.9. The molecule has 0 aliphatic rings. The molecule has 6 heteroatoms. The van der Waals surface area contributed by atoms with Gasteiger partial charge in [-0.2, -0.15) is 5.10 Å². The maximum Gasteiger partial charge on any atom is 0.230 e. The van der Waals surface area contributed by atoms with Crippen LogP contribution in [0.5, 0.6) is 0 Å². The first-order valence-corrected chi connectivity index (χ1v) is 12.1. The summed E-state index contributed by atoms with van der Waals surface area (Å²) in [6, 6.07) is 24.6. The van der Waals surface area contributed by atoms with Gasteiger partial charge in [-0.05, 0) is 42.7 Å². The van der Waals surface area contributed by atoms with Gasteiger partial charge < -0.3 is 9.88 Å². The zero-order chi connectivity index (χ0) is 22.2. The molecule has 2 aromatic heterocycles. The Balaban J connectivity index is 1.38. The first kappa shape index (κ1) is 22.0. The molecule has 2 aromatic carbocycles. The van der Waals surface area contributed by atoms with Gasteiger partial charge in [0.15, 0.2) is 0 Å². The predicted molar refractivity (Wildman–Crippen MR) is 131 cm³/mol. The molecule has 4 aromatic rings. The summed E-state index contributed by atoms with van der Waals surface area (Å²) in [6.45, 7) is 2.11. The third kappa shape index (κ3) is 5.51. The summed E-state index contributed by atoms with van der Waals surface area (Å²) in [5, 5.41) is 7.82. The molecule has 0 radical (unpaired) electrons. The van der Waals surface area contributed by atoms with Gasteiger partial charge in [0.05, 0.1) is 17.6 Å². The van der Waals surface area contributed by atoms with Gasteiger partial charge in [-0.1, -0.05) is 55.5 Å². The average molecular weight is 445 g/mol. The molecule has 0 bridgehead atoms. The number of benzene rings is 2. The number of carbonyl (C=O) groups is 1. The lowest BCUT2D eigenvalue weighted by molar-refractivity contribution is -0.119. The van der Waals surface area contributed by atoms with Gasteiger partial charge >= 0.3 is 0 Å². The monoisotopic (exact) mass is 444 g/mol. The summed E-state index contributed by atoms with van der Waals surface area (Å²) < 4.78 is 4.02. The Labute approximate surface area is 193 Å². The smallest absolute Gasteiger partial charge is 0.230 e. The highest BCUT2D eigenvalue weighted by Gasteiger charge is 2.15. The summed E-state index contributed by atoms with van der Waals surface area (Å²) in [6.07, 6.45) is 7.71. The lowest BCUT2D eigenvalue weighted by Gasteiger charge is -2.17. The zero-order valence-electron chi connectivity index (χ0n) is 18.2. The van der Waals surface area contributed by atoms with Crippen molar-refractivity contribution in [2.45, 2.75) is 31.6 Å². The van der Waals surface area contributed by atoms with E-state index in [0.717, 1.165) is 29.9 Å². The molecule has 0 fully saturated rings. The van der Waals surface area contributed by atoms with Crippen LogP contribution in [0, 0.1) is 0 Å². The van der Waals surface area contributed by atoms with E-state index in [4.69, 9.17) is 0 Å². The Bertz CT molecular complexity index is 1110. The summed E-state index contributed by atoms with van der Waals surface area (Å²) in [7, 11) is 0. The summed E-state index contributed by atoms with van der Waals surface area (Å²) in [5.41, 5.74) is 3.35. The number of para-hydroxylation sites is 1. The molecule has 0 spiro atoms. The molecule has 0 saturated carbocycles. The molecule has 32 heavy (non-hydrogen) atoms. The number of aromatic nitrogens is 3. The standard InChI is InChI=1S/C26H28N4OS/c1-2-23(17-21-11-5-3-6-12-21)28-25(31)20-32-19-22-18-27-30(24-13-7-4-8-14-24)26(22)29-15-9-10-16-29/h3-16,18,23H,2,17,19-20H2,1H3,(H,28,31)/t23-/m0/s1. The molecule has 0 aliphatic carbocycles. The highest BCUT2D eigenvalue weighted by atomic mass is 32.2. The minimum Gasteiger partial charge on any atom is -0.352 e. The predicted octanol–water partition coefficient (Wildman–Crippen LogP) is 5.03. The van der Waals surface area contributed by atoms with E-state index in [-0.39, 0.29) is 11.9 Å². The third-order valence-corrected chi connectivity index (χ3v) is 6.32. The minimum atomic E-state index is 0.0794. The number of nitrogens with zero attached hydrogens (tertiary/aromatic N) is 3. The van der Waals surface area contributed by atoms with Crippen molar-refractivity contribution in [2.24, 2.45) is 0 Å². The van der Waals surface area contributed by atoms with Gasteiger partial charge in [0, 0.05) is 29.8 Å². The largest absolute Gasteiger partial charge is 0.352 e. The lowest BCUT2D eigenvalue weighted by Crippen LogP contribution is -2.37. The number of carbonyl (C=O) groups excluding carboxylic acids is 1. The van der Waals surface area contributed by atoms with Crippen LogP contribution in [0.25, 0.3) is 11.5 Å². The van der Waals surface area contributed by atoms with Gasteiger partial charge in [0.2, 0.25) is 5.91 Å². The zero-order valence-corrected chi connectivity index (χ0v) is 19.0. The van der Waals surface area contributed by atoms with Crippen molar-refractivity contribution < 1.29 is 4.79 Å². The fourth-order valence-electron chi connectivity index (χ4n) is 3.71. The van der Waals surface area contributed by atoms with Crippen molar-refractivity contribution in [3.05, 3.63) is 103 Å². The van der Waals surface area contributed by atoms with Gasteiger partial charge in [-0.25, -0.2) is 4.68 Å². The highest BCUT2D eigenvalue weighted by Crippen LogP contribution is 2.23. The molecule has 2 heterocycles. The summed E-state index contributed by atoms with van der Waals surface area (Å²) in [4.78, 5) is 12.6. The van der Waals surface area contributed by atoms with E-state index in [2.05, 4.69) is 34.0 Å². The Kier molecular flexibility index (Phi) is 7.46. The molecular weight excluding hydrogens is 416 g/mol. The minimum absolute atomic E-state index is 0.0794. The molecule has 5 nitrogen and oxygen atoms in total. The number of hydrogen-bond acceptors (Lipinski definition) is 3. The van der Waals surface area contributed by atoms with Crippen molar-refractivity contribution in [1.29, 1.82) is 0 Å². The highest BCUT2D eigenvalue weighted by molar-refractivity contribution is 7.99. The fraction of sp³-hybridized carbons (Fsp3) is 0.231. The second-order valence-corrected chi connectivity index (χ2v) is 8.67. The van der Waals surface area contributed by atoms with Crippen LogP contribution in [0.3, 0.4) is 0 Å². The van der Waals surface area contributed by atoms with E-state index in [1.54, 1.807) is 11.8 Å². The maximum atomic E-state index is 12.6. The number of hydrogen-bond donors (Lipinski definition) is 1. The van der Waals surface area contributed by atoms with Crippen LogP contribution in [0.15, 0.2) is 91.4 Å². The molecular formula is C26H28N4OS. The molecule has 1 atom stereocenters. The van der Waals surface area contributed by atoms with E-state index < -0.39 is 0 Å². The van der Waals surface area contributed by atoms with Gasteiger partial charge in [-0.15, -0.1) is 11.8 Å². The summed E-state index contributed by atoms with van der Waals surface area (Å²) >= 11 is 1.61. The van der Waals surface area contributed by atoms with Crippen molar-refractivity contribution in [2.75, 3.05) is 5.75 Å². The molecule has 0 saturated heterocycles. The van der Waals surface area contributed by atoms with Crippen LogP contribution < -0.4 is 5.32 Å². The fourth-order valence-corrected chi connectivity index (χ4v) is 4.50. The van der Waals surface area contributed by atoms with Crippen LogP contribution in [-0.2, 0) is 17.0 Å². The van der Waals surface area contributed by atoms with E-state index >= 15 is 0 Å². The molecule has 4 rings (SSSR count). The Hall–Kier alpha value is -3.25. The number of thioether (sulfide) groups is 1. The van der Waals surface area contributed by atoms with E-state index in [9.17, 15) is 4.79 Å². The van der Waals surface area contributed by atoms with Gasteiger partial charge in [-0.3, -0.25) is 4.79 Å². The SMILES string of the molecule is CC[C@@H](Cc1ccccc1)NC(=O)CSCc1cnn(-c2ccccc2)c1-n1cccc1. The van der Waals surface area contributed by atoms with Crippen LogP contribution in [0.2, 0.25) is 0 Å². The average Bonchev–Trinajstić information content (AvgIpc) is 3.50. The van der Waals surface area contributed by atoms with E-state index in [0.29, 0.717) is 11.5 Å². The maximum absolute atomic E-state index is 12.6. The molecule has 0 unspecified atom stereocenters. The molecule has 164 valence electrons. The second kappa shape index (κ2) is 10.9. The lowest BCUT2D eigenvalue weighted by atomic mass is 10.0. The van der Waals surface area contributed by atoms with Gasteiger partial charge in [0.25, 0.3) is 0 Å². The van der Waals surface area contributed by atoms with Crippen molar-refractivity contribution in [3.63, 3.8) is 0 Å². The first-order valence-electron chi connectivity index (χ1n) is 10.9. The molecule has 1 N–H and O–H groups in total. The summed E-state index contributed by atoms with van der Waals surface area (Å²) in [5.74, 6) is 2.22. The van der Waals surface area contributed by atoms with Crippen LogP contribution in [0.1, 0.15) is 24.5 Å². The van der Waals surface area contributed by atoms with Crippen LogP contribution >= 0.6 is 11.8 Å². The Morgan fingerprint density at radius 3 is 2.38 bits per heavy atom. The van der Waals surface area contributed by atoms with E-state index in [1.165, 1.54) is 5.56 Å². The van der Waals surface area contributed by atoms with Crippen molar-refractivity contribution >= 4 is 17.7 Å². The quantitative estimate of drug-likeness (QED) is 0.373. The van der Waals surface area contributed by atoms with Crippen LogP contribution in [0.4, 0.5) is 0 Å². The van der Waals surface area contributed by atoms with Crippen molar-refractivity contribution in [3.8, 4) is 11.5 Å². The molecule has 0 aliphatic heterocycles. The van der Waals surface area contributed by atoms with E-state index in [1.807, 2.05) is 83.9 Å².